The normalized spacial score (nSPS) is 22.1. The fourth-order valence-corrected chi connectivity index (χ4v) is 5.69. The summed E-state index contributed by atoms with van der Waals surface area (Å²) in [5.74, 6) is 2.07. The van der Waals surface area contributed by atoms with Crippen LogP contribution in [-0.4, -0.2) is 33.0 Å². The van der Waals surface area contributed by atoms with Gasteiger partial charge >= 0.3 is 0 Å². The lowest BCUT2D eigenvalue weighted by molar-refractivity contribution is 0.611. The molecule has 33 heavy (non-hydrogen) atoms. The zero-order valence-corrected chi connectivity index (χ0v) is 18.7. The van der Waals surface area contributed by atoms with Gasteiger partial charge in [0.25, 0.3) is 0 Å². The van der Waals surface area contributed by atoms with Gasteiger partial charge in [-0.15, -0.1) is 0 Å². The first-order chi connectivity index (χ1) is 16.2. The Hall–Kier alpha value is -3.22. The molecule has 2 atom stereocenters. The molecule has 7 rings (SSSR count). The number of fused-ring (bicyclic) bond motifs is 4. The Morgan fingerprint density at radius 3 is 2.61 bits per heavy atom. The monoisotopic (exact) mass is 436 g/mol. The highest BCUT2D eigenvalue weighted by Gasteiger charge is 2.26. The first-order valence-electron chi connectivity index (χ1n) is 12.1. The Balaban J connectivity index is 1.22. The Kier molecular flexibility index (Phi) is 4.32. The number of aryl methyl sites for hydroxylation is 2. The maximum absolute atomic E-state index is 5.02. The summed E-state index contributed by atoms with van der Waals surface area (Å²) in [5, 5.41) is 7.05. The third-order valence-corrected chi connectivity index (χ3v) is 7.50. The molecule has 4 heterocycles. The summed E-state index contributed by atoms with van der Waals surface area (Å²) in [6.07, 6.45) is 5.47. The van der Waals surface area contributed by atoms with Crippen molar-refractivity contribution >= 4 is 11.0 Å². The van der Waals surface area contributed by atoms with Crippen LogP contribution < -0.4 is 10.6 Å². The van der Waals surface area contributed by atoms with E-state index in [2.05, 4.69) is 63.6 Å². The first kappa shape index (κ1) is 19.3. The van der Waals surface area contributed by atoms with Crippen molar-refractivity contribution in [3.63, 3.8) is 0 Å². The van der Waals surface area contributed by atoms with Gasteiger partial charge in [0.1, 0.15) is 11.6 Å². The molecule has 2 saturated heterocycles. The number of hydrogen-bond acceptors (Lipinski definition) is 4. The number of H-pyrrole nitrogens is 2. The largest absolute Gasteiger partial charge is 0.344 e. The van der Waals surface area contributed by atoms with Crippen LogP contribution in [0.3, 0.4) is 0 Å². The molecule has 2 unspecified atom stereocenters. The van der Waals surface area contributed by atoms with E-state index >= 15 is 0 Å². The summed E-state index contributed by atoms with van der Waals surface area (Å²) >= 11 is 0. The van der Waals surface area contributed by atoms with E-state index in [1.165, 1.54) is 46.4 Å². The highest BCUT2D eigenvalue weighted by atomic mass is 15.1. The molecule has 2 aromatic carbocycles. The smallest absolute Gasteiger partial charge is 0.128 e. The summed E-state index contributed by atoms with van der Waals surface area (Å²) in [6.45, 7) is 6.25. The number of imidazole rings is 2. The van der Waals surface area contributed by atoms with E-state index in [0.29, 0.717) is 6.04 Å². The maximum atomic E-state index is 5.02. The third kappa shape index (κ3) is 3.16. The van der Waals surface area contributed by atoms with Crippen LogP contribution in [0.15, 0.2) is 48.6 Å². The van der Waals surface area contributed by atoms with E-state index in [9.17, 15) is 0 Å². The molecule has 0 saturated carbocycles. The lowest BCUT2D eigenvalue weighted by Crippen LogP contribution is -2.14. The molecule has 0 amide bonds. The van der Waals surface area contributed by atoms with Gasteiger partial charge in [-0.3, -0.25) is 0 Å². The molecule has 2 fully saturated rings. The lowest BCUT2D eigenvalue weighted by Gasteiger charge is -2.16. The molecule has 4 aromatic rings. The number of hydrogen-bond donors (Lipinski definition) is 4. The Morgan fingerprint density at radius 1 is 0.848 bits per heavy atom. The van der Waals surface area contributed by atoms with Crippen molar-refractivity contribution in [1.82, 2.24) is 30.6 Å². The number of aromatic amines is 2. The maximum Gasteiger partial charge on any atom is 0.128 e. The molecular weight excluding hydrogens is 408 g/mol. The number of benzene rings is 2. The van der Waals surface area contributed by atoms with Crippen LogP contribution in [0, 0.1) is 0 Å². The Labute approximate surface area is 192 Å². The zero-order valence-electron chi connectivity index (χ0n) is 18.7. The molecule has 0 spiro atoms. The predicted molar refractivity (Wildman–Crippen MR) is 131 cm³/mol. The van der Waals surface area contributed by atoms with E-state index in [1.807, 2.05) is 0 Å². The van der Waals surface area contributed by atoms with Crippen LogP contribution in [0.25, 0.3) is 33.4 Å². The van der Waals surface area contributed by atoms with Gasteiger partial charge < -0.3 is 20.6 Å². The molecule has 6 nitrogen and oxygen atoms in total. The summed E-state index contributed by atoms with van der Waals surface area (Å²) in [5.41, 5.74) is 10.8. The molecule has 2 aromatic heterocycles. The van der Waals surface area contributed by atoms with E-state index in [1.54, 1.807) is 0 Å². The SMILES string of the molecule is C=C1CCNC1c1nc2ccc(-c3ccc4c(c3)CCc3[nH]c(C5CCCN5)nc3-4)cc2[nH]1. The molecular formula is C27H28N6. The number of nitrogens with zero attached hydrogens (tertiary/aromatic N) is 2. The van der Waals surface area contributed by atoms with Crippen molar-refractivity contribution in [2.45, 2.75) is 44.2 Å². The fourth-order valence-electron chi connectivity index (χ4n) is 5.69. The minimum Gasteiger partial charge on any atom is -0.344 e. The minimum absolute atomic E-state index is 0.136. The lowest BCUT2D eigenvalue weighted by atomic mass is 9.89. The van der Waals surface area contributed by atoms with Crippen LogP contribution in [0.1, 0.15) is 54.3 Å². The van der Waals surface area contributed by atoms with Gasteiger partial charge in [-0.25, -0.2) is 9.97 Å². The van der Waals surface area contributed by atoms with Crippen LogP contribution in [0.2, 0.25) is 0 Å². The second-order valence-electron chi connectivity index (χ2n) is 9.62. The van der Waals surface area contributed by atoms with Gasteiger partial charge in [-0.2, -0.15) is 0 Å². The highest BCUT2D eigenvalue weighted by molar-refractivity contribution is 5.83. The van der Waals surface area contributed by atoms with Gasteiger partial charge in [0.2, 0.25) is 0 Å². The molecule has 1 aliphatic carbocycles. The molecule has 6 heteroatoms. The topological polar surface area (TPSA) is 81.4 Å². The van der Waals surface area contributed by atoms with Crippen molar-refractivity contribution < 1.29 is 0 Å². The van der Waals surface area contributed by atoms with Crippen molar-refractivity contribution in [3.05, 3.63) is 71.5 Å². The summed E-state index contributed by atoms with van der Waals surface area (Å²) in [7, 11) is 0. The second-order valence-corrected chi connectivity index (χ2v) is 9.62. The Morgan fingerprint density at radius 2 is 1.76 bits per heavy atom. The standard InChI is InChI=1S/C27H28N6/c1-15-10-12-29-24(15)27-30-20-8-5-17(14-23(20)32-27)16-4-7-19-18(13-16)6-9-21-25(19)33-26(31-21)22-3-2-11-28-22/h4-5,7-8,13-14,22,24,28-29H,1-3,6,9-12H2,(H,30,32)(H,31,33). The first-order valence-corrected chi connectivity index (χ1v) is 12.1. The number of nitrogens with one attached hydrogen (secondary N) is 4. The third-order valence-electron chi connectivity index (χ3n) is 7.50. The Bertz CT molecular complexity index is 1390. The average Bonchev–Trinajstić information content (AvgIpc) is 3.63. The van der Waals surface area contributed by atoms with Crippen LogP contribution in [0.5, 0.6) is 0 Å². The predicted octanol–water partition coefficient (Wildman–Crippen LogP) is 4.73. The quantitative estimate of drug-likeness (QED) is 0.350. The molecule has 0 radical (unpaired) electrons. The van der Waals surface area contributed by atoms with Gasteiger partial charge in [-0.1, -0.05) is 36.4 Å². The van der Waals surface area contributed by atoms with Crippen molar-refractivity contribution in [2.75, 3.05) is 13.1 Å². The van der Waals surface area contributed by atoms with Gasteiger partial charge in [0, 0.05) is 11.3 Å². The van der Waals surface area contributed by atoms with Crippen LogP contribution in [-0.2, 0) is 12.8 Å². The molecule has 0 bridgehead atoms. The van der Waals surface area contributed by atoms with Gasteiger partial charge in [0.05, 0.1) is 28.8 Å². The van der Waals surface area contributed by atoms with Crippen LogP contribution in [0.4, 0.5) is 0 Å². The zero-order chi connectivity index (χ0) is 21.9. The average molecular weight is 437 g/mol. The van der Waals surface area contributed by atoms with E-state index in [-0.39, 0.29) is 6.04 Å². The minimum atomic E-state index is 0.136. The summed E-state index contributed by atoms with van der Waals surface area (Å²) < 4.78 is 0. The summed E-state index contributed by atoms with van der Waals surface area (Å²) in [4.78, 5) is 17.0. The summed E-state index contributed by atoms with van der Waals surface area (Å²) in [6, 6.07) is 13.9. The molecule has 166 valence electrons. The van der Waals surface area contributed by atoms with Gasteiger partial charge in [0.15, 0.2) is 0 Å². The van der Waals surface area contributed by atoms with Crippen molar-refractivity contribution in [3.8, 4) is 22.4 Å². The van der Waals surface area contributed by atoms with Crippen molar-refractivity contribution in [2.24, 2.45) is 0 Å². The highest BCUT2D eigenvalue weighted by Crippen LogP contribution is 2.37. The van der Waals surface area contributed by atoms with Crippen molar-refractivity contribution in [1.29, 1.82) is 0 Å². The van der Waals surface area contributed by atoms with Gasteiger partial charge in [-0.05, 0) is 74.0 Å². The van der Waals surface area contributed by atoms with E-state index in [0.717, 1.165) is 60.7 Å². The fraction of sp³-hybridized carbons (Fsp3) is 0.333. The number of rotatable bonds is 3. The molecule has 2 aliphatic heterocycles. The second kappa shape index (κ2) is 7.40. The number of aromatic nitrogens is 4. The van der Waals surface area contributed by atoms with E-state index in [4.69, 9.17) is 9.97 Å². The van der Waals surface area contributed by atoms with E-state index < -0.39 is 0 Å². The molecule has 4 N–H and O–H groups in total. The van der Waals surface area contributed by atoms with Crippen LogP contribution >= 0.6 is 0 Å². The molecule has 3 aliphatic rings.